The summed E-state index contributed by atoms with van der Waals surface area (Å²) in [5, 5.41) is 4.88. The summed E-state index contributed by atoms with van der Waals surface area (Å²) < 4.78 is 16.3. The molecule has 1 amide bonds. The van der Waals surface area contributed by atoms with E-state index >= 15 is 0 Å². The van der Waals surface area contributed by atoms with Crippen LogP contribution in [0.1, 0.15) is 29.8 Å². The summed E-state index contributed by atoms with van der Waals surface area (Å²) in [6.07, 6.45) is 1.65. The highest BCUT2D eigenvalue weighted by Crippen LogP contribution is 2.28. The molecule has 0 aliphatic heterocycles. The minimum atomic E-state index is -0.332. The molecule has 178 valence electrons. The predicted octanol–water partition coefficient (Wildman–Crippen LogP) is 5.47. The lowest BCUT2D eigenvalue weighted by molar-refractivity contribution is 0.0956. The van der Waals surface area contributed by atoms with Crippen molar-refractivity contribution in [2.45, 2.75) is 20.0 Å². The van der Waals surface area contributed by atoms with E-state index in [1.54, 1.807) is 38.6 Å². The average molecular weight is 470 g/mol. The van der Waals surface area contributed by atoms with Crippen LogP contribution < -0.4 is 19.6 Å². The monoisotopic (exact) mass is 469 g/mol. The Morgan fingerprint density at radius 3 is 2.40 bits per heavy atom. The second-order valence-electron chi connectivity index (χ2n) is 8.08. The van der Waals surface area contributed by atoms with Gasteiger partial charge in [0.05, 0.1) is 43.3 Å². The summed E-state index contributed by atoms with van der Waals surface area (Å²) in [6, 6.07) is 22.4. The van der Waals surface area contributed by atoms with Gasteiger partial charge in [0.25, 0.3) is 5.91 Å². The van der Waals surface area contributed by atoms with Crippen LogP contribution in [0.5, 0.6) is 17.2 Å². The van der Waals surface area contributed by atoms with Gasteiger partial charge < -0.3 is 14.2 Å². The van der Waals surface area contributed by atoms with Crippen molar-refractivity contribution >= 4 is 23.0 Å². The van der Waals surface area contributed by atoms with Crippen molar-refractivity contribution in [1.82, 2.24) is 10.4 Å². The zero-order valence-corrected chi connectivity index (χ0v) is 20.1. The first-order chi connectivity index (χ1) is 17.0. The van der Waals surface area contributed by atoms with Gasteiger partial charge in [-0.05, 0) is 74.0 Å². The number of nitrogens with zero attached hydrogens (tertiary/aromatic N) is 2. The molecule has 0 radical (unpaired) electrons. The molecular formula is C28H27N3O4. The summed E-state index contributed by atoms with van der Waals surface area (Å²) in [7, 11) is 3.14. The molecule has 0 spiro atoms. The Bertz CT molecular complexity index is 1360. The molecule has 0 atom stereocenters. The van der Waals surface area contributed by atoms with Crippen LogP contribution in [0.4, 0.5) is 0 Å². The lowest BCUT2D eigenvalue weighted by atomic mass is 10.0. The highest BCUT2D eigenvalue weighted by atomic mass is 16.5. The summed E-state index contributed by atoms with van der Waals surface area (Å²) in [4.78, 5) is 17.9. The van der Waals surface area contributed by atoms with Gasteiger partial charge in [-0.2, -0.15) is 5.10 Å². The van der Waals surface area contributed by atoms with Crippen LogP contribution in [-0.4, -0.2) is 37.4 Å². The van der Waals surface area contributed by atoms with E-state index < -0.39 is 0 Å². The molecule has 1 aromatic heterocycles. The fourth-order valence-electron chi connectivity index (χ4n) is 3.65. The maximum absolute atomic E-state index is 13.1. The normalized spacial score (nSPS) is 11.1. The van der Waals surface area contributed by atoms with Gasteiger partial charge in [0.1, 0.15) is 5.75 Å². The molecule has 0 unspecified atom stereocenters. The minimum Gasteiger partial charge on any atom is -0.493 e. The second kappa shape index (κ2) is 10.7. The van der Waals surface area contributed by atoms with Gasteiger partial charge in [0.15, 0.2) is 11.5 Å². The van der Waals surface area contributed by atoms with Gasteiger partial charge in [0.2, 0.25) is 0 Å². The Morgan fingerprint density at radius 2 is 1.69 bits per heavy atom. The van der Waals surface area contributed by atoms with Crippen LogP contribution in [0.25, 0.3) is 22.2 Å². The summed E-state index contributed by atoms with van der Waals surface area (Å²) in [5.41, 5.74) is 6.16. The summed E-state index contributed by atoms with van der Waals surface area (Å²) in [6.45, 7) is 3.97. The molecule has 0 aliphatic rings. The van der Waals surface area contributed by atoms with Crippen molar-refractivity contribution in [2.24, 2.45) is 5.10 Å². The lowest BCUT2D eigenvalue weighted by Crippen LogP contribution is -2.18. The van der Waals surface area contributed by atoms with Crippen LogP contribution in [-0.2, 0) is 0 Å². The van der Waals surface area contributed by atoms with Crippen LogP contribution in [0.3, 0.4) is 0 Å². The van der Waals surface area contributed by atoms with Gasteiger partial charge >= 0.3 is 0 Å². The highest BCUT2D eigenvalue weighted by molar-refractivity contribution is 6.07. The van der Waals surface area contributed by atoms with Crippen molar-refractivity contribution in [3.63, 3.8) is 0 Å². The first kappa shape index (κ1) is 23.8. The topological polar surface area (TPSA) is 82.0 Å². The zero-order valence-electron chi connectivity index (χ0n) is 20.1. The van der Waals surface area contributed by atoms with Crippen LogP contribution >= 0.6 is 0 Å². The average Bonchev–Trinajstić information content (AvgIpc) is 2.88. The molecule has 7 nitrogen and oxygen atoms in total. The number of amides is 1. The first-order valence-corrected chi connectivity index (χ1v) is 11.2. The number of hydrazone groups is 1. The van der Waals surface area contributed by atoms with E-state index in [0.717, 1.165) is 27.8 Å². The van der Waals surface area contributed by atoms with Gasteiger partial charge in [-0.25, -0.2) is 10.4 Å². The summed E-state index contributed by atoms with van der Waals surface area (Å²) >= 11 is 0. The molecule has 1 heterocycles. The van der Waals surface area contributed by atoms with Gasteiger partial charge in [0, 0.05) is 10.9 Å². The molecule has 4 aromatic rings. The third kappa shape index (κ3) is 5.58. The summed E-state index contributed by atoms with van der Waals surface area (Å²) in [5.74, 6) is 1.65. The molecule has 0 aliphatic carbocycles. The van der Waals surface area contributed by atoms with Crippen molar-refractivity contribution in [3.05, 3.63) is 83.9 Å². The van der Waals surface area contributed by atoms with E-state index in [4.69, 9.17) is 19.2 Å². The molecule has 0 fully saturated rings. The number of nitrogens with one attached hydrogen (secondary N) is 1. The number of ether oxygens (including phenoxy) is 3. The molecule has 1 N–H and O–H groups in total. The van der Waals surface area contributed by atoms with Crippen LogP contribution in [0, 0.1) is 0 Å². The SMILES string of the molecule is COc1ccc(/C=N/NC(=O)c2cc(-c3ccc(OC(C)C)cc3)nc3ccccc23)cc1OC. The maximum atomic E-state index is 13.1. The largest absolute Gasteiger partial charge is 0.493 e. The van der Waals surface area contributed by atoms with Gasteiger partial charge in [-0.1, -0.05) is 18.2 Å². The standard InChI is InChI=1S/C28H27N3O4/c1-18(2)35-21-12-10-20(11-13-21)25-16-23(22-7-5-6-8-24(22)30-25)28(32)31-29-17-19-9-14-26(33-3)27(15-19)34-4/h5-18H,1-4H3,(H,31,32)/b29-17+. The van der Waals surface area contributed by atoms with Crippen LogP contribution in [0.2, 0.25) is 0 Å². The van der Waals surface area contributed by atoms with Crippen molar-refractivity contribution in [3.8, 4) is 28.5 Å². The quantitative estimate of drug-likeness (QED) is 0.273. The van der Waals surface area contributed by atoms with E-state index in [1.807, 2.05) is 68.4 Å². The van der Waals surface area contributed by atoms with E-state index in [0.29, 0.717) is 22.8 Å². The number of carbonyl (C=O) groups excluding carboxylic acids is 1. The number of methoxy groups -OCH3 is 2. The van der Waals surface area contributed by atoms with Crippen molar-refractivity contribution < 1.29 is 19.0 Å². The Kier molecular flexibility index (Phi) is 7.26. The van der Waals surface area contributed by atoms with Crippen molar-refractivity contribution in [1.29, 1.82) is 0 Å². The maximum Gasteiger partial charge on any atom is 0.272 e. The Morgan fingerprint density at radius 1 is 0.943 bits per heavy atom. The Labute approximate surface area is 204 Å². The Balaban J connectivity index is 1.60. The van der Waals surface area contributed by atoms with Gasteiger partial charge in [-0.15, -0.1) is 0 Å². The van der Waals surface area contributed by atoms with E-state index in [-0.39, 0.29) is 12.0 Å². The number of pyridine rings is 1. The fraction of sp³-hybridized carbons (Fsp3) is 0.179. The number of hydrogen-bond acceptors (Lipinski definition) is 6. The molecule has 0 saturated heterocycles. The highest BCUT2D eigenvalue weighted by Gasteiger charge is 2.14. The third-order valence-corrected chi connectivity index (χ3v) is 5.27. The van der Waals surface area contributed by atoms with Crippen LogP contribution in [0.15, 0.2) is 77.9 Å². The Hall–Kier alpha value is -4.39. The number of fused-ring (bicyclic) bond motifs is 1. The number of rotatable bonds is 8. The number of benzene rings is 3. The molecule has 35 heavy (non-hydrogen) atoms. The minimum absolute atomic E-state index is 0.0921. The fourth-order valence-corrected chi connectivity index (χ4v) is 3.65. The number of aromatic nitrogens is 1. The van der Waals surface area contributed by atoms with E-state index in [2.05, 4.69) is 10.5 Å². The van der Waals surface area contributed by atoms with Crippen molar-refractivity contribution in [2.75, 3.05) is 14.2 Å². The lowest BCUT2D eigenvalue weighted by Gasteiger charge is -2.11. The molecule has 3 aromatic carbocycles. The third-order valence-electron chi connectivity index (χ3n) is 5.27. The number of para-hydroxylation sites is 1. The molecule has 7 heteroatoms. The molecule has 0 saturated carbocycles. The smallest absolute Gasteiger partial charge is 0.272 e. The molecule has 0 bridgehead atoms. The number of hydrogen-bond donors (Lipinski definition) is 1. The van der Waals surface area contributed by atoms with E-state index in [9.17, 15) is 4.79 Å². The molecule has 4 rings (SSSR count). The first-order valence-electron chi connectivity index (χ1n) is 11.2. The van der Waals surface area contributed by atoms with Gasteiger partial charge in [-0.3, -0.25) is 4.79 Å². The number of carbonyl (C=O) groups is 1. The predicted molar refractivity (Wildman–Crippen MR) is 138 cm³/mol. The second-order valence-corrected chi connectivity index (χ2v) is 8.08. The molecular weight excluding hydrogens is 442 g/mol. The zero-order chi connectivity index (χ0) is 24.8. The van der Waals surface area contributed by atoms with E-state index in [1.165, 1.54) is 0 Å².